The number of aromatic nitrogens is 1. The summed E-state index contributed by atoms with van der Waals surface area (Å²) >= 11 is 1.29. The number of amidine groups is 1. The molecule has 2 aromatic carbocycles. The Hall–Kier alpha value is -3.12. The zero-order chi connectivity index (χ0) is 21.4. The van der Waals surface area contributed by atoms with Gasteiger partial charge in [-0.2, -0.15) is 0 Å². The molecule has 1 aromatic heterocycles. The van der Waals surface area contributed by atoms with Crippen LogP contribution in [0.2, 0.25) is 0 Å². The Labute approximate surface area is 179 Å². The molecule has 0 radical (unpaired) electrons. The highest BCUT2D eigenvalue weighted by atomic mass is 32.2. The number of benzene rings is 2. The van der Waals surface area contributed by atoms with Crippen LogP contribution in [-0.2, 0) is 4.79 Å². The van der Waals surface area contributed by atoms with Gasteiger partial charge in [0.15, 0.2) is 5.17 Å². The molecule has 1 N–H and O–H groups in total. The third-order valence-electron chi connectivity index (χ3n) is 5.13. The number of nitrogens with one attached hydrogen (secondary N) is 1. The van der Waals surface area contributed by atoms with Crippen molar-refractivity contribution < 1.29 is 9.18 Å². The molecule has 0 saturated carbocycles. The molecule has 0 bridgehead atoms. The van der Waals surface area contributed by atoms with E-state index in [0.29, 0.717) is 15.8 Å². The molecule has 6 heteroatoms. The summed E-state index contributed by atoms with van der Waals surface area (Å²) < 4.78 is 15.3. The first-order valence-corrected chi connectivity index (χ1v) is 10.5. The summed E-state index contributed by atoms with van der Waals surface area (Å²) in [4.78, 5) is 17.4. The number of thioether (sulfide) groups is 1. The number of hydrogen-bond acceptors (Lipinski definition) is 3. The van der Waals surface area contributed by atoms with Gasteiger partial charge in [0.1, 0.15) is 5.82 Å². The van der Waals surface area contributed by atoms with Crippen LogP contribution in [0.3, 0.4) is 0 Å². The van der Waals surface area contributed by atoms with E-state index in [9.17, 15) is 9.18 Å². The summed E-state index contributed by atoms with van der Waals surface area (Å²) in [5.41, 5.74) is 7.37. The van der Waals surface area contributed by atoms with Crippen molar-refractivity contribution in [2.45, 2.75) is 27.7 Å². The summed E-state index contributed by atoms with van der Waals surface area (Å²) in [5, 5.41) is 3.27. The largest absolute Gasteiger partial charge is 0.317 e. The Morgan fingerprint density at radius 1 is 1.03 bits per heavy atom. The van der Waals surface area contributed by atoms with Gasteiger partial charge in [-0.15, -0.1) is 0 Å². The summed E-state index contributed by atoms with van der Waals surface area (Å²) in [6, 6.07) is 14.2. The lowest BCUT2D eigenvalue weighted by atomic mass is 10.1. The monoisotopic (exact) mass is 419 g/mol. The molecule has 1 aliphatic rings. The fourth-order valence-corrected chi connectivity index (χ4v) is 4.52. The SMILES string of the molecule is Cc1cccc(C)c1-n1c(C)cc(/C=C2\SC(=Nc3ccc(F)cc3)NC2=O)c1C. The summed E-state index contributed by atoms with van der Waals surface area (Å²) in [6.07, 6.45) is 1.90. The average Bonchev–Trinajstić information content (AvgIpc) is 3.17. The molecule has 1 aliphatic heterocycles. The molecule has 1 fully saturated rings. The van der Waals surface area contributed by atoms with E-state index in [4.69, 9.17) is 0 Å². The van der Waals surface area contributed by atoms with Crippen molar-refractivity contribution in [3.63, 3.8) is 0 Å². The average molecular weight is 420 g/mol. The fraction of sp³-hybridized carbons (Fsp3) is 0.167. The minimum absolute atomic E-state index is 0.183. The highest BCUT2D eigenvalue weighted by Crippen LogP contribution is 2.31. The molecule has 3 aromatic rings. The third-order valence-corrected chi connectivity index (χ3v) is 6.04. The number of hydrogen-bond donors (Lipinski definition) is 1. The third kappa shape index (κ3) is 3.83. The van der Waals surface area contributed by atoms with E-state index in [2.05, 4.69) is 66.8 Å². The molecule has 2 heterocycles. The number of rotatable bonds is 3. The molecule has 30 heavy (non-hydrogen) atoms. The first-order chi connectivity index (χ1) is 14.3. The van der Waals surface area contributed by atoms with Crippen LogP contribution >= 0.6 is 11.8 Å². The van der Waals surface area contributed by atoms with Crippen molar-refractivity contribution in [2.75, 3.05) is 0 Å². The van der Waals surface area contributed by atoms with E-state index in [1.807, 2.05) is 6.08 Å². The molecular formula is C24H22FN3OS. The number of para-hydroxylation sites is 1. The molecular weight excluding hydrogens is 397 g/mol. The number of carbonyl (C=O) groups excluding carboxylic acids is 1. The number of carbonyl (C=O) groups is 1. The van der Waals surface area contributed by atoms with Crippen molar-refractivity contribution in [3.8, 4) is 5.69 Å². The summed E-state index contributed by atoms with van der Waals surface area (Å²) in [7, 11) is 0. The summed E-state index contributed by atoms with van der Waals surface area (Å²) in [6.45, 7) is 8.36. The van der Waals surface area contributed by atoms with Crippen molar-refractivity contribution in [3.05, 3.63) is 87.3 Å². The number of aryl methyl sites for hydroxylation is 3. The predicted molar refractivity (Wildman–Crippen MR) is 122 cm³/mol. The van der Waals surface area contributed by atoms with Gasteiger partial charge in [-0.3, -0.25) is 4.79 Å². The standard InChI is InChI=1S/C24H22FN3OS/c1-14-6-5-7-15(2)22(14)28-16(3)12-18(17(28)4)13-21-23(29)27-24(30-21)26-20-10-8-19(25)9-11-20/h5-13H,1-4H3,(H,26,27,29)/b21-13-. The van der Waals surface area contributed by atoms with Crippen LogP contribution in [0.25, 0.3) is 11.8 Å². The van der Waals surface area contributed by atoms with E-state index in [1.54, 1.807) is 12.1 Å². The van der Waals surface area contributed by atoms with Crippen molar-refractivity contribution >= 4 is 34.6 Å². The second-order valence-electron chi connectivity index (χ2n) is 7.36. The molecule has 1 amide bonds. The second kappa shape index (κ2) is 7.95. The Kier molecular flexibility index (Phi) is 5.35. The fourth-order valence-electron chi connectivity index (χ4n) is 3.69. The molecule has 152 valence electrons. The zero-order valence-electron chi connectivity index (χ0n) is 17.3. The Morgan fingerprint density at radius 2 is 1.70 bits per heavy atom. The minimum atomic E-state index is -0.318. The lowest BCUT2D eigenvalue weighted by molar-refractivity contribution is -0.115. The molecule has 0 spiro atoms. The first kappa shape index (κ1) is 20.2. The van der Waals surface area contributed by atoms with Gasteiger partial charge in [0.2, 0.25) is 0 Å². The van der Waals surface area contributed by atoms with Gasteiger partial charge >= 0.3 is 0 Å². The molecule has 0 aliphatic carbocycles. The Balaban J connectivity index is 1.67. The van der Waals surface area contributed by atoms with Crippen LogP contribution in [-0.4, -0.2) is 15.6 Å². The van der Waals surface area contributed by atoms with Crippen molar-refractivity contribution in [1.82, 2.24) is 9.88 Å². The van der Waals surface area contributed by atoms with E-state index in [-0.39, 0.29) is 11.7 Å². The van der Waals surface area contributed by atoms with Gasteiger partial charge < -0.3 is 9.88 Å². The first-order valence-electron chi connectivity index (χ1n) is 9.64. The molecule has 4 nitrogen and oxygen atoms in total. The number of nitrogens with zero attached hydrogens (tertiary/aromatic N) is 2. The van der Waals surface area contributed by atoms with Crippen molar-refractivity contribution in [2.24, 2.45) is 4.99 Å². The second-order valence-corrected chi connectivity index (χ2v) is 8.39. The molecule has 1 saturated heterocycles. The van der Waals surface area contributed by atoms with Crippen LogP contribution in [0, 0.1) is 33.5 Å². The van der Waals surface area contributed by atoms with Gasteiger partial charge in [-0.25, -0.2) is 9.38 Å². The van der Waals surface area contributed by atoms with Crippen molar-refractivity contribution in [1.29, 1.82) is 0 Å². The van der Waals surface area contributed by atoms with Crippen LogP contribution in [0.4, 0.5) is 10.1 Å². The topological polar surface area (TPSA) is 46.4 Å². The van der Waals surface area contributed by atoms with Gasteiger partial charge in [-0.1, -0.05) is 18.2 Å². The van der Waals surface area contributed by atoms with E-state index >= 15 is 0 Å². The summed E-state index contributed by atoms with van der Waals surface area (Å²) in [5.74, 6) is -0.500. The predicted octanol–water partition coefficient (Wildman–Crippen LogP) is 5.74. The molecule has 0 unspecified atom stereocenters. The van der Waals surface area contributed by atoms with Gasteiger partial charge in [-0.05, 0) is 92.6 Å². The Morgan fingerprint density at radius 3 is 2.37 bits per heavy atom. The maximum atomic E-state index is 13.1. The van der Waals surface area contributed by atoms with Gasteiger partial charge in [0.05, 0.1) is 16.3 Å². The Bertz CT molecular complexity index is 1190. The number of aliphatic imine (C=N–C) groups is 1. The van der Waals surface area contributed by atoms with E-state index in [1.165, 1.54) is 40.7 Å². The lowest BCUT2D eigenvalue weighted by Crippen LogP contribution is -2.19. The molecule has 0 atom stereocenters. The van der Waals surface area contributed by atoms with Crippen LogP contribution in [0.1, 0.15) is 28.1 Å². The minimum Gasteiger partial charge on any atom is -0.317 e. The van der Waals surface area contributed by atoms with Crippen LogP contribution in [0.15, 0.2) is 58.4 Å². The van der Waals surface area contributed by atoms with Gasteiger partial charge in [0, 0.05) is 11.4 Å². The lowest BCUT2D eigenvalue weighted by Gasteiger charge is -2.15. The maximum Gasteiger partial charge on any atom is 0.264 e. The van der Waals surface area contributed by atoms with Crippen LogP contribution in [0.5, 0.6) is 0 Å². The highest BCUT2D eigenvalue weighted by molar-refractivity contribution is 8.18. The van der Waals surface area contributed by atoms with Gasteiger partial charge in [0.25, 0.3) is 5.91 Å². The van der Waals surface area contributed by atoms with E-state index in [0.717, 1.165) is 17.0 Å². The van der Waals surface area contributed by atoms with E-state index < -0.39 is 0 Å². The zero-order valence-corrected chi connectivity index (χ0v) is 18.1. The smallest absolute Gasteiger partial charge is 0.264 e. The number of halogens is 1. The highest BCUT2D eigenvalue weighted by Gasteiger charge is 2.25. The maximum absolute atomic E-state index is 13.1. The molecule has 4 rings (SSSR count). The number of amides is 1. The van der Waals surface area contributed by atoms with Crippen LogP contribution < -0.4 is 5.32 Å². The normalized spacial score (nSPS) is 16.5. The quantitative estimate of drug-likeness (QED) is 0.550.